The number of benzene rings is 1. The molecule has 0 unspecified atom stereocenters. The third kappa shape index (κ3) is 5.38. The predicted molar refractivity (Wildman–Crippen MR) is 118 cm³/mol. The van der Waals surface area contributed by atoms with E-state index >= 15 is 0 Å². The van der Waals surface area contributed by atoms with Gasteiger partial charge in [-0.3, -0.25) is 9.69 Å². The SMILES string of the molecule is CCCOc1ccc(CN2CCN(C)CC2)cc1-c1nc(C(C)C)c(Cl)c(=O)[nH]1. The average molecular weight is 419 g/mol. The van der Waals surface area contributed by atoms with Gasteiger partial charge in [0, 0.05) is 32.7 Å². The molecule has 1 aromatic heterocycles. The Morgan fingerprint density at radius 1 is 1.24 bits per heavy atom. The van der Waals surface area contributed by atoms with Crippen LogP contribution in [0.1, 0.15) is 44.4 Å². The Bertz CT molecular complexity index is 889. The maximum absolute atomic E-state index is 12.4. The number of likely N-dealkylation sites (N-methyl/N-ethyl adjacent to an activating group) is 1. The summed E-state index contributed by atoms with van der Waals surface area (Å²) in [6, 6.07) is 6.17. The van der Waals surface area contributed by atoms with Gasteiger partial charge in [0.25, 0.3) is 5.56 Å². The van der Waals surface area contributed by atoms with Crippen molar-refractivity contribution >= 4 is 11.6 Å². The fraction of sp³-hybridized carbons (Fsp3) is 0.545. The lowest BCUT2D eigenvalue weighted by Gasteiger charge is -2.32. The van der Waals surface area contributed by atoms with Crippen LogP contribution < -0.4 is 10.3 Å². The fourth-order valence-electron chi connectivity index (χ4n) is 3.45. The molecule has 29 heavy (non-hydrogen) atoms. The van der Waals surface area contributed by atoms with Gasteiger partial charge >= 0.3 is 0 Å². The summed E-state index contributed by atoms with van der Waals surface area (Å²) in [5, 5.41) is 0.161. The number of nitrogens with one attached hydrogen (secondary N) is 1. The molecule has 2 aromatic rings. The molecule has 0 radical (unpaired) electrons. The summed E-state index contributed by atoms with van der Waals surface area (Å²) in [7, 11) is 2.16. The fourth-order valence-corrected chi connectivity index (χ4v) is 3.76. The van der Waals surface area contributed by atoms with E-state index < -0.39 is 0 Å². The number of piperazine rings is 1. The molecule has 0 spiro atoms. The van der Waals surface area contributed by atoms with Crippen molar-refractivity contribution in [3.05, 3.63) is 44.8 Å². The van der Waals surface area contributed by atoms with Gasteiger partial charge < -0.3 is 14.6 Å². The van der Waals surface area contributed by atoms with Crippen molar-refractivity contribution in [3.8, 4) is 17.1 Å². The summed E-state index contributed by atoms with van der Waals surface area (Å²) in [5.41, 5.74) is 2.28. The lowest BCUT2D eigenvalue weighted by molar-refractivity contribution is 0.148. The summed E-state index contributed by atoms with van der Waals surface area (Å²) in [5.74, 6) is 1.29. The second-order valence-electron chi connectivity index (χ2n) is 8.03. The monoisotopic (exact) mass is 418 g/mol. The highest BCUT2D eigenvalue weighted by Gasteiger charge is 2.18. The highest BCUT2D eigenvalue weighted by Crippen LogP contribution is 2.31. The van der Waals surface area contributed by atoms with Gasteiger partial charge in [0.1, 0.15) is 16.6 Å². The smallest absolute Gasteiger partial charge is 0.270 e. The first-order valence-corrected chi connectivity index (χ1v) is 10.7. The zero-order valence-corrected chi connectivity index (χ0v) is 18.6. The minimum atomic E-state index is -0.314. The first-order chi connectivity index (χ1) is 13.9. The van der Waals surface area contributed by atoms with Crippen LogP contribution in [0, 0.1) is 0 Å². The van der Waals surface area contributed by atoms with Crippen molar-refractivity contribution in [2.24, 2.45) is 0 Å². The zero-order valence-electron chi connectivity index (χ0n) is 17.8. The summed E-state index contributed by atoms with van der Waals surface area (Å²) in [6.45, 7) is 11.8. The van der Waals surface area contributed by atoms with E-state index in [9.17, 15) is 4.79 Å². The Kier molecular flexibility index (Phi) is 7.33. The van der Waals surface area contributed by atoms with Crippen molar-refractivity contribution in [1.82, 2.24) is 19.8 Å². The number of H-pyrrole nitrogens is 1. The molecule has 1 N–H and O–H groups in total. The Balaban J connectivity index is 1.97. The van der Waals surface area contributed by atoms with E-state index in [0.717, 1.165) is 50.5 Å². The van der Waals surface area contributed by atoms with Crippen molar-refractivity contribution in [2.45, 2.75) is 39.7 Å². The minimum absolute atomic E-state index is 0.0529. The van der Waals surface area contributed by atoms with E-state index in [2.05, 4.69) is 45.9 Å². The van der Waals surface area contributed by atoms with E-state index in [1.165, 1.54) is 5.56 Å². The number of aromatic amines is 1. The molecule has 3 rings (SSSR count). The molecule has 6 nitrogen and oxygen atoms in total. The highest BCUT2D eigenvalue weighted by molar-refractivity contribution is 6.31. The van der Waals surface area contributed by atoms with E-state index in [1.54, 1.807) is 0 Å². The normalized spacial score (nSPS) is 15.8. The van der Waals surface area contributed by atoms with Crippen molar-refractivity contribution in [3.63, 3.8) is 0 Å². The first-order valence-electron chi connectivity index (χ1n) is 10.4. The Morgan fingerprint density at radius 3 is 2.62 bits per heavy atom. The van der Waals surface area contributed by atoms with Gasteiger partial charge in [-0.05, 0) is 37.1 Å². The van der Waals surface area contributed by atoms with E-state index in [4.69, 9.17) is 16.3 Å². The molecule has 158 valence electrons. The number of nitrogens with zero attached hydrogens (tertiary/aromatic N) is 3. The number of aromatic nitrogens is 2. The van der Waals surface area contributed by atoms with Crippen LogP contribution in [0.4, 0.5) is 0 Å². The van der Waals surface area contributed by atoms with Crippen molar-refractivity contribution < 1.29 is 4.74 Å². The van der Waals surface area contributed by atoms with Gasteiger partial charge in [-0.1, -0.05) is 38.4 Å². The summed E-state index contributed by atoms with van der Waals surface area (Å²) in [6.07, 6.45) is 0.907. The third-order valence-electron chi connectivity index (χ3n) is 5.20. The predicted octanol–water partition coefficient (Wildman–Crippen LogP) is 3.75. The maximum Gasteiger partial charge on any atom is 0.270 e. The van der Waals surface area contributed by atoms with Gasteiger partial charge in [-0.25, -0.2) is 4.98 Å². The van der Waals surface area contributed by atoms with Crippen LogP contribution in [-0.2, 0) is 6.54 Å². The average Bonchev–Trinajstić information content (AvgIpc) is 2.70. The highest BCUT2D eigenvalue weighted by atomic mass is 35.5. The lowest BCUT2D eigenvalue weighted by Crippen LogP contribution is -2.43. The number of hydrogen-bond acceptors (Lipinski definition) is 5. The molecule has 1 aromatic carbocycles. The molecule has 0 saturated carbocycles. The summed E-state index contributed by atoms with van der Waals surface area (Å²) in [4.78, 5) is 24.7. The first kappa shape index (κ1) is 21.8. The van der Waals surface area contributed by atoms with Crippen LogP contribution in [0.5, 0.6) is 5.75 Å². The van der Waals surface area contributed by atoms with Crippen LogP contribution in [0.25, 0.3) is 11.4 Å². The number of hydrogen-bond donors (Lipinski definition) is 1. The Morgan fingerprint density at radius 2 is 1.97 bits per heavy atom. The Hall–Kier alpha value is -1.89. The molecule has 7 heteroatoms. The second-order valence-corrected chi connectivity index (χ2v) is 8.40. The van der Waals surface area contributed by atoms with Crippen molar-refractivity contribution in [1.29, 1.82) is 0 Å². The molecule has 0 amide bonds. The van der Waals surface area contributed by atoms with Crippen LogP contribution in [-0.4, -0.2) is 59.6 Å². The van der Waals surface area contributed by atoms with Crippen molar-refractivity contribution in [2.75, 3.05) is 39.8 Å². The molecule has 0 aliphatic carbocycles. The number of ether oxygens (including phenoxy) is 1. The van der Waals surface area contributed by atoms with E-state index in [-0.39, 0.29) is 16.5 Å². The molecule has 1 saturated heterocycles. The van der Waals surface area contributed by atoms with Crippen LogP contribution in [0.2, 0.25) is 5.02 Å². The van der Waals surface area contributed by atoms with E-state index in [1.807, 2.05) is 19.9 Å². The third-order valence-corrected chi connectivity index (χ3v) is 5.56. The number of rotatable bonds is 7. The molecule has 0 bridgehead atoms. The van der Waals surface area contributed by atoms with Gasteiger partial charge in [-0.2, -0.15) is 0 Å². The standard InChI is InChI=1S/C22H31ClN4O2/c1-5-12-29-18-7-6-16(14-27-10-8-26(4)9-11-27)13-17(18)21-24-20(15(2)3)19(23)22(28)25-21/h6-7,13,15H,5,8-12,14H2,1-4H3,(H,24,25,28). The van der Waals surface area contributed by atoms with Gasteiger partial charge in [0.2, 0.25) is 0 Å². The molecule has 2 heterocycles. The topological polar surface area (TPSA) is 61.5 Å². The maximum atomic E-state index is 12.4. The summed E-state index contributed by atoms with van der Waals surface area (Å²) >= 11 is 6.19. The van der Waals surface area contributed by atoms with Gasteiger partial charge in [-0.15, -0.1) is 0 Å². The molecular weight excluding hydrogens is 388 g/mol. The molecular formula is C22H31ClN4O2. The minimum Gasteiger partial charge on any atom is -0.493 e. The quantitative estimate of drug-likeness (QED) is 0.741. The number of halogens is 1. The Labute approximate surface area is 177 Å². The van der Waals surface area contributed by atoms with E-state index in [0.29, 0.717) is 18.1 Å². The van der Waals surface area contributed by atoms with Gasteiger partial charge in [0.15, 0.2) is 0 Å². The second kappa shape index (κ2) is 9.74. The van der Waals surface area contributed by atoms with Crippen LogP contribution in [0.3, 0.4) is 0 Å². The largest absolute Gasteiger partial charge is 0.493 e. The molecule has 1 fully saturated rings. The van der Waals surface area contributed by atoms with Crippen LogP contribution >= 0.6 is 11.6 Å². The molecule has 0 atom stereocenters. The molecule has 1 aliphatic rings. The zero-order chi connectivity index (χ0) is 21.0. The van der Waals surface area contributed by atoms with Gasteiger partial charge in [0.05, 0.1) is 17.9 Å². The lowest BCUT2D eigenvalue weighted by atomic mass is 10.1. The molecule has 1 aliphatic heterocycles. The summed E-state index contributed by atoms with van der Waals surface area (Å²) < 4.78 is 5.95. The van der Waals surface area contributed by atoms with Crippen LogP contribution in [0.15, 0.2) is 23.0 Å².